The molecule has 1 aliphatic rings. The van der Waals surface area contributed by atoms with Crippen LogP contribution in [0.4, 0.5) is 4.79 Å². The van der Waals surface area contributed by atoms with Crippen LogP contribution in [0.3, 0.4) is 0 Å². The molecule has 1 aromatic carbocycles. The van der Waals surface area contributed by atoms with E-state index in [0.717, 1.165) is 10.5 Å². The maximum Gasteiger partial charge on any atom is 0.324 e. The highest BCUT2D eigenvalue weighted by atomic mass is 16.5. The van der Waals surface area contributed by atoms with E-state index >= 15 is 0 Å². The van der Waals surface area contributed by atoms with Gasteiger partial charge >= 0.3 is 12.0 Å². The molecule has 1 fully saturated rings. The third-order valence-electron chi connectivity index (χ3n) is 3.28. The van der Waals surface area contributed by atoms with Gasteiger partial charge in [-0.05, 0) is 18.1 Å². The Bertz CT molecular complexity index is 572. The second kappa shape index (κ2) is 6.25. The van der Waals surface area contributed by atoms with E-state index in [0.29, 0.717) is 12.2 Å². The lowest BCUT2D eigenvalue weighted by atomic mass is 10.1. The predicted molar refractivity (Wildman–Crippen MR) is 73.0 cm³/mol. The summed E-state index contributed by atoms with van der Waals surface area (Å²) in [7, 11) is 1.55. The number of carboxylic acids is 1. The minimum atomic E-state index is -1.12. The van der Waals surface area contributed by atoms with Gasteiger partial charge in [-0.1, -0.05) is 18.2 Å². The van der Waals surface area contributed by atoms with Crippen molar-refractivity contribution in [2.24, 2.45) is 0 Å². The molecule has 112 valence electrons. The zero-order chi connectivity index (χ0) is 15.4. The van der Waals surface area contributed by atoms with Crippen molar-refractivity contribution in [3.05, 3.63) is 29.8 Å². The summed E-state index contributed by atoms with van der Waals surface area (Å²) in [6, 6.07) is 5.80. The van der Waals surface area contributed by atoms with E-state index in [9.17, 15) is 14.4 Å². The van der Waals surface area contributed by atoms with Crippen molar-refractivity contribution in [3.63, 3.8) is 0 Å². The number of rotatable bonds is 6. The largest absolute Gasteiger partial charge is 0.496 e. The third kappa shape index (κ3) is 3.31. The highest BCUT2D eigenvalue weighted by molar-refractivity contribution is 6.05. The van der Waals surface area contributed by atoms with Crippen molar-refractivity contribution in [3.8, 4) is 5.75 Å². The van der Waals surface area contributed by atoms with Gasteiger partial charge < -0.3 is 15.2 Å². The van der Waals surface area contributed by atoms with Crippen molar-refractivity contribution in [2.45, 2.75) is 18.9 Å². The number of hydrogen-bond donors (Lipinski definition) is 2. The zero-order valence-electron chi connectivity index (χ0n) is 11.5. The van der Waals surface area contributed by atoms with Gasteiger partial charge in [0.15, 0.2) is 0 Å². The van der Waals surface area contributed by atoms with Crippen LogP contribution in [-0.4, -0.2) is 47.6 Å². The zero-order valence-corrected chi connectivity index (χ0v) is 11.5. The van der Waals surface area contributed by atoms with Crippen LogP contribution in [-0.2, 0) is 16.0 Å². The number of nitrogens with one attached hydrogen (secondary N) is 1. The van der Waals surface area contributed by atoms with Crippen LogP contribution in [0.2, 0.25) is 0 Å². The Hall–Kier alpha value is -2.57. The molecule has 1 atom stereocenters. The topological polar surface area (TPSA) is 95.9 Å². The quantitative estimate of drug-likeness (QED) is 0.750. The lowest BCUT2D eigenvalue weighted by Gasteiger charge is -2.14. The fourth-order valence-corrected chi connectivity index (χ4v) is 2.24. The first-order valence-corrected chi connectivity index (χ1v) is 6.48. The number of carboxylic acid groups (broad SMARTS) is 1. The maximum absolute atomic E-state index is 12.0. The number of para-hydroxylation sites is 1. The van der Waals surface area contributed by atoms with Gasteiger partial charge in [0.25, 0.3) is 5.91 Å². The summed E-state index contributed by atoms with van der Waals surface area (Å²) in [5.41, 5.74) is 0.877. The molecule has 21 heavy (non-hydrogen) atoms. The van der Waals surface area contributed by atoms with Crippen LogP contribution in [0.5, 0.6) is 5.75 Å². The second-order valence-corrected chi connectivity index (χ2v) is 4.65. The van der Waals surface area contributed by atoms with E-state index in [1.807, 2.05) is 18.2 Å². The molecule has 0 spiro atoms. The minimum Gasteiger partial charge on any atom is -0.496 e. The number of methoxy groups -OCH3 is 1. The highest BCUT2D eigenvalue weighted by Crippen LogP contribution is 2.19. The molecule has 1 aliphatic heterocycles. The number of hydrogen-bond acceptors (Lipinski definition) is 4. The lowest BCUT2D eigenvalue weighted by molar-refractivity contribution is -0.140. The second-order valence-electron chi connectivity index (χ2n) is 4.65. The first-order valence-electron chi connectivity index (χ1n) is 6.48. The molecule has 1 unspecified atom stereocenters. The van der Waals surface area contributed by atoms with Crippen LogP contribution in [0.25, 0.3) is 0 Å². The standard InChI is InChI=1S/C14H16N2O5/c1-21-11-5-3-2-4-9(11)6-7-16-13(19)10(8-12(17)18)15-14(16)20/h2-5,10H,6-8H2,1H3,(H,15,20)(H,17,18). The van der Waals surface area contributed by atoms with Crippen LogP contribution in [0.15, 0.2) is 24.3 Å². The average molecular weight is 292 g/mol. The normalized spacial score (nSPS) is 17.8. The van der Waals surface area contributed by atoms with E-state index in [1.54, 1.807) is 13.2 Å². The Morgan fingerprint density at radius 3 is 2.76 bits per heavy atom. The first-order chi connectivity index (χ1) is 10.0. The van der Waals surface area contributed by atoms with Gasteiger partial charge in [-0.3, -0.25) is 14.5 Å². The molecule has 1 heterocycles. The maximum atomic E-state index is 12.0. The highest BCUT2D eigenvalue weighted by Gasteiger charge is 2.38. The van der Waals surface area contributed by atoms with Crippen molar-refractivity contribution in [1.82, 2.24) is 10.2 Å². The summed E-state index contributed by atoms with van der Waals surface area (Å²) in [5, 5.41) is 11.1. The van der Waals surface area contributed by atoms with Crippen LogP contribution in [0, 0.1) is 0 Å². The Labute approximate surface area is 121 Å². The van der Waals surface area contributed by atoms with Gasteiger partial charge in [-0.25, -0.2) is 4.79 Å². The van der Waals surface area contributed by atoms with Gasteiger partial charge in [0.2, 0.25) is 0 Å². The van der Waals surface area contributed by atoms with Crippen LogP contribution in [0.1, 0.15) is 12.0 Å². The molecule has 0 aliphatic carbocycles. The summed E-state index contributed by atoms with van der Waals surface area (Å²) in [6.45, 7) is 0.182. The van der Waals surface area contributed by atoms with Crippen molar-refractivity contribution >= 4 is 17.9 Å². The Morgan fingerprint density at radius 2 is 2.10 bits per heavy atom. The number of carbonyl (C=O) groups is 3. The molecule has 0 saturated carbocycles. The first kappa shape index (κ1) is 14.8. The summed E-state index contributed by atoms with van der Waals surface area (Å²) in [4.78, 5) is 35.4. The number of urea groups is 1. The van der Waals surface area contributed by atoms with Gasteiger partial charge in [0, 0.05) is 6.54 Å². The molecule has 2 rings (SSSR count). The van der Waals surface area contributed by atoms with Gasteiger partial charge in [0.05, 0.1) is 13.5 Å². The molecule has 1 saturated heterocycles. The van der Waals surface area contributed by atoms with Crippen LogP contribution >= 0.6 is 0 Å². The smallest absolute Gasteiger partial charge is 0.324 e. The van der Waals surface area contributed by atoms with Gasteiger partial charge in [-0.15, -0.1) is 0 Å². The van der Waals surface area contributed by atoms with E-state index in [4.69, 9.17) is 9.84 Å². The number of nitrogens with zero attached hydrogens (tertiary/aromatic N) is 1. The summed E-state index contributed by atoms with van der Waals surface area (Å²) in [5.74, 6) is -0.941. The summed E-state index contributed by atoms with van der Waals surface area (Å²) >= 11 is 0. The molecular weight excluding hydrogens is 276 g/mol. The van der Waals surface area contributed by atoms with Crippen molar-refractivity contribution in [1.29, 1.82) is 0 Å². The van der Waals surface area contributed by atoms with E-state index in [1.165, 1.54) is 0 Å². The average Bonchev–Trinajstić information content (AvgIpc) is 2.71. The fourth-order valence-electron chi connectivity index (χ4n) is 2.24. The molecule has 0 bridgehead atoms. The molecule has 1 aromatic rings. The molecule has 0 aromatic heterocycles. The lowest BCUT2D eigenvalue weighted by Crippen LogP contribution is -2.34. The third-order valence-corrected chi connectivity index (χ3v) is 3.28. The minimum absolute atomic E-state index is 0.182. The molecule has 0 radical (unpaired) electrons. The summed E-state index contributed by atoms with van der Waals surface area (Å²) < 4.78 is 5.21. The number of aliphatic carboxylic acids is 1. The Kier molecular flexibility index (Phi) is 4.42. The molecule has 3 amide bonds. The Balaban J connectivity index is 2.01. The van der Waals surface area contributed by atoms with Gasteiger partial charge in [-0.2, -0.15) is 0 Å². The van der Waals surface area contributed by atoms with E-state index in [2.05, 4.69) is 5.32 Å². The van der Waals surface area contributed by atoms with Crippen molar-refractivity contribution < 1.29 is 24.2 Å². The fraction of sp³-hybridized carbons (Fsp3) is 0.357. The number of amides is 3. The molecule has 2 N–H and O–H groups in total. The van der Waals surface area contributed by atoms with Crippen LogP contribution < -0.4 is 10.1 Å². The number of carbonyl (C=O) groups excluding carboxylic acids is 2. The van der Waals surface area contributed by atoms with E-state index in [-0.39, 0.29) is 6.54 Å². The number of benzene rings is 1. The SMILES string of the molecule is COc1ccccc1CCN1C(=O)NC(CC(=O)O)C1=O. The van der Waals surface area contributed by atoms with Gasteiger partial charge in [0.1, 0.15) is 11.8 Å². The molecule has 7 nitrogen and oxygen atoms in total. The molecular formula is C14H16N2O5. The number of ether oxygens (including phenoxy) is 1. The Morgan fingerprint density at radius 1 is 1.38 bits per heavy atom. The van der Waals surface area contributed by atoms with Crippen molar-refractivity contribution in [2.75, 3.05) is 13.7 Å². The monoisotopic (exact) mass is 292 g/mol. The number of imide groups is 1. The summed E-state index contributed by atoms with van der Waals surface area (Å²) in [6.07, 6.45) is 0.0404. The predicted octanol–water partition coefficient (Wildman–Crippen LogP) is 0.633. The molecule has 7 heteroatoms. The van der Waals surface area contributed by atoms with E-state index < -0.39 is 30.4 Å².